The van der Waals surface area contributed by atoms with Gasteiger partial charge in [-0.15, -0.1) is 0 Å². The second-order valence-electron chi connectivity index (χ2n) is 5.16. The molecule has 0 aliphatic heterocycles. The highest BCUT2D eigenvalue weighted by atomic mass is 16.1. The SMILES string of the molecule is Cc1cc(N)c(C(=O)NCC(C)(C)C)cn1. The van der Waals surface area contributed by atoms with Crippen molar-refractivity contribution in [3.8, 4) is 0 Å². The van der Waals surface area contributed by atoms with Gasteiger partial charge >= 0.3 is 0 Å². The number of carbonyl (C=O) groups excluding carboxylic acids is 1. The normalized spacial score (nSPS) is 11.2. The standard InChI is InChI=1S/C12H19N3O/c1-8-5-10(13)9(6-14-8)11(16)15-7-12(2,3)4/h5-6H,7H2,1-4H3,(H2,13,14)(H,15,16). The van der Waals surface area contributed by atoms with Crippen LogP contribution in [-0.4, -0.2) is 17.4 Å². The minimum absolute atomic E-state index is 0.0581. The monoisotopic (exact) mass is 221 g/mol. The van der Waals surface area contributed by atoms with Crippen LogP contribution in [0, 0.1) is 12.3 Å². The first-order valence-corrected chi connectivity index (χ1v) is 5.30. The summed E-state index contributed by atoms with van der Waals surface area (Å²) in [5.41, 5.74) is 7.54. The molecule has 1 rings (SSSR count). The molecular weight excluding hydrogens is 202 g/mol. The van der Waals surface area contributed by atoms with Crippen LogP contribution in [0.2, 0.25) is 0 Å². The Morgan fingerprint density at radius 2 is 2.12 bits per heavy atom. The molecule has 16 heavy (non-hydrogen) atoms. The first kappa shape index (κ1) is 12.5. The Bertz CT molecular complexity index is 394. The largest absolute Gasteiger partial charge is 0.398 e. The van der Waals surface area contributed by atoms with Gasteiger partial charge in [-0.25, -0.2) is 0 Å². The molecule has 0 aromatic carbocycles. The van der Waals surface area contributed by atoms with Gasteiger partial charge in [-0.05, 0) is 18.4 Å². The summed E-state index contributed by atoms with van der Waals surface area (Å²) in [6.45, 7) is 8.63. The number of rotatable bonds is 2. The van der Waals surface area contributed by atoms with Crippen LogP contribution in [0.1, 0.15) is 36.8 Å². The van der Waals surface area contributed by atoms with Crippen molar-refractivity contribution >= 4 is 11.6 Å². The molecule has 4 nitrogen and oxygen atoms in total. The van der Waals surface area contributed by atoms with E-state index >= 15 is 0 Å². The molecule has 0 saturated heterocycles. The molecule has 0 aliphatic carbocycles. The molecular formula is C12H19N3O. The van der Waals surface area contributed by atoms with Crippen molar-refractivity contribution in [1.29, 1.82) is 0 Å². The second kappa shape index (κ2) is 4.51. The lowest BCUT2D eigenvalue weighted by Gasteiger charge is -2.19. The van der Waals surface area contributed by atoms with E-state index in [1.165, 1.54) is 6.20 Å². The smallest absolute Gasteiger partial charge is 0.254 e. The minimum Gasteiger partial charge on any atom is -0.398 e. The van der Waals surface area contributed by atoms with E-state index in [4.69, 9.17) is 5.73 Å². The molecule has 0 fully saturated rings. The molecule has 0 unspecified atom stereocenters. The fourth-order valence-corrected chi connectivity index (χ4v) is 1.21. The van der Waals surface area contributed by atoms with E-state index in [0.29, 0.717) is 17.8 Å². The van der Waals surface area contributed by atoms with Crippen LogP contribution in [0.4, 0.5) is 5.69 Å². The van der Waals surface area contributed by atoms with Crippen molar-refractivity contribution in [2.75, 3.05) is 12.3 Å². The molecule has 0 aliphatic rings. The van der Waals surface area contributed by atoms with Gasteiger partial charge in [0.15, 0.2) is 0 Å². The molecule has 0 atom stereocenters. The maximum absolute atomic E-state index is 11.8. The average Bonchev–Trinajstić information content (AvgIpc) is 2.13. The van der Waals surface area contributed by atoms with Gasteiger partial charge in [-0.1, -0.05) is 20.8 Å². The van der Waals surface area contributed by atoms with E-state index in [1.54, 1.807) is 6.07 Å². The van der Waals surface area contributed by atoms with Crippen LogP contribution in [0.3, 0.4) is 0 Å². The Morgan fingerprint density at radius 1 is 1.50 bits per heavy atom. The number of pyridine rings is 1. The fraction of sp³-hybridized carbons (Fsp3) is 0.500. The Labute approximate surface area is 96.3 Å². The highest BCUT2D eigenvalue weighted by Gasteiger charge is 2.14. The van der Waals surface area contributed by atoms with E-state index in [0.717, 1.165) is 5.69 Å². The summed E-state index contributed by atoms with van der Waals surface area (Å²) in [4.78, 5) is 15.9. The highest BCUT2D eigenvalue weighted by Crippen LogP contribution is 2.13. The van der Waals surface area contributed by atoms with E-state index in [9.17, 15) is 4.79 Å². The summed E-state index contributed by atoms with van der Waals surface area (Å²) in [5, 5.41) is 2.84. The highest BCUT2D eigenvalue weighted by molar-refractivity contribution is 5.98. The fourth-order valence-electron chi connectivity index (χ4n) is 1.21. The maximum Gasteiger partial charge on any atom is 0.254 e. The van der Waals surface area contributed by atoms with Gasteiger partial charge in [-0.3, -0.25) is 9.78 Å². The van der Waals surface area contributed by atoms with Gasteiger partial charge in [0.05, 0.1) is 5.56 Å². The summed E-state index contributed by atoms with van der Waals surface area (Å²) in [7, 11) is 0. The summed E-state index contributed by atoms with van der Waals surface area (Å²) in [6, 6.07) is 1.70. The van der Waals surface area contributed by atoms with Crippen LogP contribution in [0.25, 0.3) is 0 Å². The molecule has 0 saturated carbocycles. The van der Waals surface area contributed by atoms with E-state index in [-0.39, 0.29) is 11.3 Å². The Morgan fingerprint density at radius 3 is 2.62 bits per heavy atom. The quantitative estimate of drug-likeness (QED) is 0.799. The van der Waals surface area contributed by atoms with Gasteiger partial charge in [0.1, 0.15) is 0 Å². The molecule has 1 aromatic rings. The zero-order valence-corrected chi connectivity index (χ0v) is 10.3. The molecule has 4 heteroatoms. The number of anilines is 1. The van der Waals surface area contributed by atoms with E-state index in [1.807, 2.05) is 6.92 Å². The number of aromatic nitrogens is 1. The topological polar surface area (TPSA) is 68.0 Å². The van der Waals surface area contributed by atoms with Crippen LogP contribution in [-0.2, 0) is 0 Å². The second-order valence-corrected chi connectivity index (χ2v) is 5.16. The van der Waals surface area contributed by atoms with Gasteiger partial charge < -0.3 is 11.1 Å². The van der Waals surface area contributed by atoms with Crippen molar-refractivity contribution in [1.82, 2.24) is 10.3 Å². The predicted molar refractivity (Wildman–Crippen MR) is 65.2 cm³/mol. The zero-order chi connectivity index (χ0) is 12.3. The van der Waals surface area contributed by atoms with Crippen molar-refractivity contribution in [2.45, 2.75) is 27.7 Å². The van der Waals surface area contributed by atoms with Crippen molar-refractivity contribution in [3.05, 3.63) is 23.5 Å². The molecule has 0 radical (unpaired) electrons. The van der Waals surface area contributed by atoms with Crippen molar-refractivity contribution in [3.63, 3.8) is 0 Å². The number of hydrogen-bond acceptors (Lipinski definition) is 3. The lowest BCUT2D eigenvalue weighted by atomic mass is 9.97. The number of aryl methyl sites for hydroxylation is 1. The molecule has 1 amide bonds. The zero-order valence-electron chi connectivity index (χ0n) is 10.3. The number of hydrogen-bond donors (Lipinski definition) is 2. The number of amides is 1. The predicted octanol–water partition coefficient (Wildman–Crippen LogP) is 1.75. The van der Waals surface area contributed by atoms with Gasteiger partial charge in [0, 0.05) is 24.1 Å². The molecule has 88 valence electrons. The number of nitrogens with one attached hydrogen (secondary N) is 1. The van der Waals surface area contributed by atoms with Crippen LogP contribution in [0.15, 0.2) is 12.3 Å². The lowest BCUT2D eigenvalue weighted by molar-refractivity contribution is 0.0940. The molecule has 1 aromatic heterocycles. The number of nitrogen functional groups attached to an aromatic ring is 1. The number of carbonyl (C=O) groups is 1. The average molecular weight is 221 g/mol. The number of nitrogens with zero attached hydrogens (tertiary/aromatic N) is 1. The molecule has 1 heterocycles. The summed E-state index contributed by atoms with van der Waals surface area (Å²) in [6.07, 6.45) is 1.52. The number of nitrogens with two attached hydrogens (primary N) is 1. The minimum atomic E-state index is -0.167. The van der Waals surface area contributed by atoms with Gasteiger partial charge in [-0.2, -0.15) is 0 Å². The third kappa shape index (κ3) is 3.53. The Hall–Kier alpha value is -1.58. The third-order valence-corrected chi connectivity index (χ3v) is 2.10. The van der Waals surface area contributed by atoms with E-state index < -0.39 is 0 Å². The summed E-state index contributed by atoms with van der Waals surface area (Å²) < 4.78 is 0. The summed E-state index contributed by atoms with van der Waals surface area (Å²) >= 11 is 0. The van der Waals surface area contributed by atoms with Gasteiger partial charge in [0.2, 0.25) is 0 Å². The van der Waals surface area contributed by atoms with Crippen LogP contribution in [0.5, 0.6) is 0 Å². The first-order chi connectivity index (χ1) is 7.29. The third-order valence-electron chi connectivity index (χ3n) is 2.10. The Kier molecular flexibility index (Phi) is 3.52. The molecule has 3 N–H and O–H groups in total. The van der Waals surface area contributed by atoms with Gasteiger partial charge in [0.25, 0.3) is 5.91 Å². The van der Waals surface area contributed by atoms with Crippen molar-refractivity contribution < 1.29 is 4.79 Å². The Balaban J connectivity index is 2.74. The van der Waals surface area contributed by atoms with Crippen LogP contribution < -0.4 is 11.1 Å². The lowest BCUT2D eigenvalue weighted by Crippen LogP contribution is -2.32. The maximum atomic E-state index is 11.8. The van der Waals surface area contributed by atoms with Crippen LogP contribution >= 0.6 is 0 Å². The first-order valence-electron chi connectivity index (χ1n) is 5.30. The van der Waals surface area contributed by atoms with Crippen molar-refractivity contribution in [2.24, 2.45) is 5.41 Å². The molecule has 0 bridgehead atoms. The molecule has 0 spiro atoms. The summed E-state index contributed by atoms with van der Waals surface area (Å²) in [5.74, 6) is -0.167. The van der Waals surface area contributed by atoms with E-state index in [2.05, 4.69) is 31.1 Å².